The van der Waals surface area contributed by atoms with Gasteiger partial charge in [0.05, 0.1) is 16.7 Å². The fraction of sp³-hybridized carbons (Fsp3) is 0.333. The molecule has 1 atom stereocenters. The van der Waals surface area contributed by atoms with E-state index < -0.39 is 0 Å². The summed E-state index contributed by atoms with van der Waals surface area (Å²) >= 11 is 1.52. The van der Waals surface area contributed by atoms with E-state index in [-0.39, 0.29) is 17.7 Å². The summed E-state index contributed by atoms with van der Waals surface area (Å²) in [6, 6.07) is 11.2. The zero-order chi connectivity index (χ0) is 19.3. The third-order valence-electron chi connectivity index (χ3n) is 4.58. The Balaban J connectivity index is 1.46. The zero-order valence-electron chi connectivity index (χ0n) is 15.6. The highest BCUT2D eigenvalue weighted by molar-refractivity contribution is 7.13. The summed E-state index contributed by atoms with van der Waals surface area (Å²) < 4.78 is 17.3. The lowest BCUT2D eigenvalue weighted by molar-refractivity contribution is -0.0109. The van der Waals surface area contributed by atoms with Crippen LogP contribution in [0.1, 0.15) is 35.5 Å². The van der Waals surface area contributed by atoms with Crippen molar-refractivity contribution < 1.29 is 18.7 Å². The fourth-order valence-electron chi connectivity index (χ4n) is 3.11. The molecule has 1 fully saturated rings. The molecule has 4 rings (SSSR count). The Morgan fingerprint density at radius 1 is 1.29 bits per heavy atom. The summed E-state index contributed by atoms with van der Waals surface area (Å²) in [7, 11) is 0. The number of nitrogens with one attached hydrogen (secondary N) is 1. The zero-order valence-corrected chi connectivity index (χ0v) is 16.5. The van der Waals surface area contributed by atoms with Crippen molar-refractivity contribution >= 4 is 22.9 Å². The van der Waals surface area contributed by atoms with Crippen LogP contribution in [-0.2, 0) is 4.74 Å². The summed E-state index contributed by atoms with van der Waals surface area (Å²) in [5.41, 5.74) is 0.872. The first kappa shape index (κ1) is 18.7. The topological polar surface area (TPSA) is 73.6 Å². The van der Waals surface area contributed by atoms with Crippen molar-refractivity contribution in [1.82, 2.24) is 4.98 Å². The first-order valence-electron chi connectivity index (χ1n) is 9.37. The van der Waals surface area contributed by atoms with Gasteiger partial charge >= 0.3 is 0 Å². The molecule has 146 valence electrons. The van der Waals surface area contributed by atoms with E-state index in [0.29, 0.717) is 29.7 Å². The Morgan fingerprint density at radius 2 is 2.18 bits per heavy atom. The minimum atomic E-state index is -0.325. The van der Waals surface area contributed by atoms with Crippen LogP contribution in [-0.4, -0.2) is 30.2 Å². The number of carbonyl (C=O) groups is 1. The summed E-state index contributed by atoms with van der Waals surface area (Å²) in [5.74, 6) is 1.23. The lowest BCUT2D eigenvalue weighted by Gasteiger charge is -2.23. The van der Waals surface area contributed by atoms with E-state index in [2.05, 4.69) is 10.3 Å². The van der Waals surface area contributed by atoms with Gasteiger partial charge in [0.25, 0.3) is 5.91 Å². The molecule has 0 aliphatic carbocycles. The van der Waals surface area contributed by atoms with E-state index in [4.69, 9.17) is 13.9 Å². The number of hydrogen-bond donors (Lipinski definition) is 1. The normalized spacial score (nSPS) is 16.7. The highest BCUT2D eigenvalue weighted by Gasteiger charge is 2.20. The molecule has 2 aromatic heterocycles. The molecule has 3 aromatic rings. The minimum absolute atomic E-state index is 0.101. The van der Waals surface area contributed by atoms with Crippen molar-refractivity contribution in [2.45, 2.75) is 32.3 Å². The number of thiophene rings is 1. The average molecular weight is 398 g/mol. The van der Waals surface area contributed by atoms with Gasteiger partial charge in [-0.25, -0.2) is 4.98 Å². The predicted octanol–water partition coefficient (Wildman–Crippen LogP) is 4.91. The van der Waals surface area contributed by atoms with Gasteiger partial charge in [0.15, 0.2) is 5.69 Å². The molecule has 0 spiro atoms. The Kier molecular flexibility index (Phi) is 5.73. The number of hydrogen-bond acceptors (Lipinski definition) is 6. The third-order valence-corrected chi connectivity index (χ3v) is 5.44. The van der Waals surface area contributed by atoms with Crippen LogP contribution in [0.2, 0.25) is 0 Å². The van der Waals surface area contributed by atoms with E-state index >= 15 is 0 Å². The number of nitrogens with zero attached hydrogens (tertiary/aromatic N) is 1. The molecule has 0 radical (unpaired) electrons. The molecule has 1 amide bonds. The van der Waals surface area contributed by atoms with Crippen molar-refractivity contribution in [3.8, 4) is 16.5 Å². The monoisotopic (exact) mass is 398 g/mol. The highest BCUT2D eigenvalue weighted by Crippen LogP contribution is 2.28. The van der Waals surface area contributed by atoms with E-state index in [0.717, 1.165) is 30.7 Å². The SMILES string of the molecule is Cc1oc(-c2cccs2)nc1C(=O)Nc1ccccc1OCC1CCCCO1. The number of para-hydroxylation sites is 2. The van der Waals surface area contributed by atoms with Gasteiger partial charge in [-0.1, -0.05) is 18.2 Å². The number of anilines is 1. The molecule has 6 nitrogen and oxygen atoms in total. The van der Waals surface area contributed by atoms with Gasteiger partial charge in [0, 0.05) is 6.61 Å². The first-order valence-corrected chi connectivity index (χ1v) is 10.2. The third kappa shape index (κ3) is 4.26. The van der Waals surface area contributed by atoms with Crippen LogP contribution in [0.3, 0.4) is 0 Å². The Hall–Kier alpha value is -2.64. The highest BCUT2D eigenvalue weighted by atomic mass is 32.1. The van der Waals surface area contributed by atoms with Crippen LogP contribution in [0.15, 0.2) is 46.2 Å². The molecule has 0 bridgehead atoms. The second-order valence-electron chi connectivity index (χ2n) is 6.65. The van der Waals surface area contributed by atoms with Crippen molar-refractivity contribution in [2.24, 2.45) is 0 Å². The second kappa shape index (κ2) is 8.58. The maximum absolute atomic E-state index is 12.8. The van der Waals surface area contributed by atoms with Crippen LogP contribution in [0.5, 0.6) is 5.75 Å². The molecule has 1 aliphatic heterocycles. The van der Waals surface area contributed by atoms with Crippen molar-refractivity contribution in [1.29, 1.82) is 0 Å². The van der Waals surface area contributed by atoms with E-state index in [1.807, 2.05) is 41.8 Å². The van der Waals surface area contributed by atoms with Gasteiger partial charge in [-0.05, 0) is 49.8 Å². The summed E-state index contributed by atoms with van der Waals surface area (Å²) in [6.45, 7) is 2.99. The van der Waals surface area contributed by atoms with Crippen molar-refractivity contribution in [3.63, 3.8) is 0 Å². The van der Waals surface area contributed by atoms with Gasteiger partial charge in [-0.15, -0.1) is 11.3 Å². The van der Waals surface area contributed by atoms with Crippen LogP contribution >= 0.6 is 11.3 Å². The van der Waals surface area contributed by atoms with Crippen LogP contribution in [0.4, 0.5) is 5.69 Å². The van der Waals surface area contributed by atoms with Crippen LogP contribution in [0.25, 0.3) is 10.8 Å². The molecule has 1 aromatic carbocycles. The number of aromatic nitrogens is 1. The quantitative estimate of drug-likeness (QED) is 0.638. The average Bonchev–Trinajstić information content (AvgIpc) is 3.38. The number of carbonyl (C=O) groups excluding carboxylic acids is 1. The largest absolute Gasteiger partial charge is 0.489 e. The Labute approximate surface area is 167 Å². The van der Waals surface area contributed by atoms with Crippen LogP contribution in [0, 0.1) is 6.92 Å². The standard InChI is InChI=1S/C21H22N2O4S/c1-14-19(23-21(27-14)18-10-6-12-28-18)20(24)22-16-8-2-3-9-17(16)26-13-15-7-4-5-11-25-15/h2-3,6,8-10,12,15H,4-5,7,11,13H2,1H3,(H,22,24). The first-order chi connectivity index (χ1) is 13.7. The Bertz CT molecular complexity index is 930. The number of amides is 1. The van der Waals surface area contributed by atoms with Gasteiger partial charge in [0.2, 0.25) is 5.89 Å². The number of benzene rings is 1. The number of oxazole rings is 1. The molecule has 1 N–H and O–H groups in total. The van der Waals surface area contributed by atoms with Crippen molar-refractivity contribution in [3.05, 3.63) is 53.2 Å². The van der Waals surface area contributed by atoms with Crippen molar-refractivity contribution in [2.75, 3.05) is 18.5 Å². The smallest absolute Gasteiger partial charge is 0.278 e. The molecule has 3 heterocycles. The van der Waals surface area contributed by atoms with E-state index in [1.54, 1.807) is 6.92 Å². The lowest BCUT2D eigenvalue weighted by Crippen LogP contribution is -2.26. The predicted molar refractivity (Wildman–Crippen MR) is 108 cm³/mol. The molecule has 1 unspecified atom stereocenters. The number of rotatable bonds is 6. The minimum Gasteiger partial charge on any atom is -0.489 e. The van der Waals surface area contributed by atoms with E-state index in [9.17, 15) is 4.79 Å². The fourth-order valence-corrected chi connectivity index (χ4v) is 3.76. The van der Waals surface area contributed by atoms with Gasteiger partial charge in [0.1, 0.15) is 18.1 Å². The van der Waals surface area contributed by atoms with Gasteiger partial charge < -0.3 is 19.2 Å². The van der Waals surface area contributed by atoms with Gasteiger partial charge in [-0.3, -0.25) is 4.79 Å². The molecular weight excluding hydrogens is 376 g/mol. The summed E-state index contributed by atoms with van der Waals surface area (Å²) in [6.07, 6.45) is 3.36. The second-order valence-corrected chi connectivity index (χ2v) is 7.60. The molecular formula is C21H22N2O4S. The number of ether oxygens (including phenoxy) is 2. The summed E-state index contributed by atoms with van der Waals surface area (Å²) in [5, 5.41) is 4.83. The Morgan fingerprint density at radius 3 is 2.96 bits per heavy atom. The maximum atomic E-state index is 12.8. The van der Waals surface area contributed by atoms with E-state index in [1.165, 1.54) is 11.3 Å². The number of aryl methyl sites for hydroxylation is 1. The molecule has 7 heteroatoms. The summed E-state index contributed by atoms with van der Waals surface area (Å²) in [4.78, 5) is 18.0. The lowest BCUT2D eigenvalue weighted by atomic mass is 10.1. The van der Waals surface area contributed by atoms with Gasteiger partial charge in [-0.2, -0.15) is 0 Å². The van der Waals surface area contributed by atoms with Crippen LogP contribution < -0.4 is 10.1 Å². The molecule has 0 saturated carbocycles. The molecule has 28 heavy (non-hydrogen) atoms. The molecule has 1 saturated heterocycles. The molecule has 1 aliphatic rings. The maximum Gasteiger partial charge on any atom is 0.278 e.